The molecule has 0 saturated heterocycles. The molecule has 0 bridgehead atoms. The van der Waals surface area contributed by atoms with Gasteiger partial charge in [0, 0.05) is 6.20 Å². The Balaban J connectivity index is 2.06. The number of hydrogen-bond donors (Lipinski definition) is 3. The number of carboxylic acid groups (broad SMARTS) is 1. The van der Waals surface area contributed by atoms with E-state index in [1.54, 1.807) is 18.5 Å². The predicted molar refractivity (Wildman–Crippen MR) is 79.1 cm³/mol. The fourth-order valence-electron chi connectivity index (χ4n) is 2.61. The molecule has 0 aliphatic heterocycles. The van der Waals surface area contributed by atoms with Crippen molar-refractivity contribution >= 4 is 17.7 Å². The van der Waals surface area contributed by atoms with E-state index in [0.29, 0.717) is 24.4 Å². The highest BCUT2D eigenvalue weighted by Crippen LogP contribution is 2.32. The summed E-state index contributed by atoms with van der Waals surface area (Å²) in [5, 5.41) is 14.8. The minimum absolute atomic E-state index is 0.461. The van der Waals surface area contributed by atoms with Crippen molar-refractivity contribution in [2.75, 3.05) is 5.32 Å². The standard InChI is InChI=1S/C15H21N3O3/c1-10-3-6-15(7-4-10,13(19)20)18-14(21)17-12-9-16-8-5-11(12)2/h5,8-10H,3-4,6-7H2,1-2H3,(H,19,20)(H2,17,18,21). The molecule has 1 aliphatic rings. The molecule has 0 atom stereocenters. The van der Waals surface area contributed by atoms with E-state index in [-0.39, 0.29) is 0 Å². The molecule has 6 heteroatoms. The zero-order valence-corrected chi connectivity index (χ0v) is 12.3. The second kappa shape index (κ2) is 6.11. The SMILES string of the molecule is Cc1ccncc1NC(=O)NC1(C(=O)O)CCC(C)CC1. The van der Waals surface area contributed by atoms with Gasteiger partial charge in [0.15, 0.2) is 0 Å². The second-order valence-electron chi connectivity index (χ2n) is 5.84. The molecular weight excluding hydrogens is 270 g/mol. The molecule has 1 saturated carbocycles. The van der Waals surface area contributed by atoms with Gasteiger partial charge in [-0.3, -0.25) is 4.98 Å². The lowest BCUT2D eigenvalue weighted by molar-refractivity contribution is -0.146. The molecule has 2 rings (SSSR count). The Labute approximate surface area is 124 Å². The average Bonchev–Trinajstić information content (AvgIpc) is 2.44. The third-order valence-corrected chi connectivity index (χ3v) is 4.18. The zero-order valence-electron chi connectivity index (χ0n) is 12.3. The highest BCUT2D eigenvalue weighted by molar-refractivity contribution is 5.94. The lowest BCUT2D eigenvalue weighted by atomic mass is 9.77. The largest absolute Gasteiger partial charge is 0.480 e. The van der Waals surface area contributed by atoms with E-state index in [9.17, 15) is 14.7 Å². The molecular formula is C15H21N3O3. The van der Waals surface area contributed by atoms with Crippen LogP contribution in [0.5, 0.6) is 0 Å². The first-order valence-corrected chi connectivity index (χ1v) is 7.16. The Morgan fingerprint density at radius 2 is 2.05 bits per heavy atom. The first-order chi connectivity index (χ1) is 9.93. The van der Waals surface area contributed by atoms with Crippen LogP contribution in [0.2, 0.25) is 0 Å². The smallest absolute Gasteiger partial charge is 0.329 e. The Morgan fingerprint density at radius 1 is 1.38 bits per heavy atom. The molecule has 1 fully saturated rings. The maximum absolute atomic E-state index is 12.1. The van der Waals surface area contributed by atoms with E-state index in [0.717, 1.165) is 18.4 Å². The van der Waals surface area contributed by atoms with Crippen LogP contribution in [0.3, 0.4) is 0 Å². The van der Waals surface area contributed by atoms with E-state index in [1.165, 1.54) is 0 Å². The van der Waals surface area contributed by atoms with Gasteiger partial charge in [-0.1, -0.05) is 6.92 Å². The summed E-state index contributed by atoms with van der Waals surface area (Å²) in [7, 11) is 0. The Morgan fingerprint density at radius 3 is 2.62 bits per heavy atom. The number of urea groups is 1. The van der Waals surface area contributed by atoms with Gasteiger partial charge in [-0.2, -0.15) is 0 Å². The van der Waals surface area contributed by atoms with Gasteiger partial charge in [0.05, 0.1) is 11.9 Å². The van der Waals surface area contributed by atoms with Crippen LogP contribution in [0.25, 0.3) is 0 Å². The summed E-state index contributed by atoms with van der Waals surface area (Å²) >= 11 is 0. The van der Waals surface area contributed by atoms with Gasteiger partial charge in [0.1, 0.15) is 5.54 Å². The van der Waals surface area contributed by atoms with Gasteiger partial charge in [0.25, 0.3) is 0 Å². The first kappa shape index (κ1) is 15.3. The number of nitrogens with zero attached hydrogens (tertiary/aromatic N) is 1. The van der Waals surface area contributed by atoms with Gasteiger partial charge < -0.3 is 15.7 Å². The molecule has 2 amide bonds. The molecule has 0 radical (unpaired) electrons. The number of aryl methyl sites for hydroxylation is 1. The molecule has 0 spiro atoms. The van der Waals surface area contributed by atoms with E-state index >= 15 is 0 Å². The van der Waals surface area contributed by atoms with Gasteiger partial charge >= 0.3 is 12.0 Å². The topological polar surface area (TPSA) is 91.3 Å². The Kier molecular flexibility index (Phi) is 4.45. The summed E-state index contributed by atoms with van der Waals surface area (Å²) in [6.45, 7) is 3.96. The number of nitrogens with one attached hydrogen (secondary N) is 2. The number of hydrogen-bond acceptors (Lipinski definition) is 3. The number of amides is 2. The number of anilines is 1. The van der Waals surface area contributed by atoms with E-state index in [4.69, 9.17) is 0 Å². The Hall–Kier alpha value is -2.11. The first-order valence-electron chi connectivity index (χ1n) is 7.16. The minimum Gasteiger partial charge on any atom is -0.480 e. The second-order valence-corrected chi connectivity index (χ2v) is 5.84. The fraction of sp³-hybridized carbons (Fsp3) is 0.533. The lowest BCUT2D eigenvalue weighted by Gasteiger charge is -2.36. The summed E-state index contributed by atoms with van der Waals surface area (Å²) in [6.07, 6.45) is 5.72. The van der Waals surface area contributed by atoms with Crippen LogP contribution in [-0.4, -0.2) is 27.6 Å². The van der Waals surface area contributed by atoms with E-state index in [1.807, 2.05) is 6.92 Å². The van der Waals surface area contributed by atoms with Crippen molar-refractivity contribution in [2.45, 2.75) is 45.1 Å². The number of carboxylic acids is 1. The summed E-state index contributed by atoms with van der Waals surface area (Å²) in [5.74, 6) is -0.463. The highest BCUT2D eigenvalue weighted by atomic mass is 16.4. The third-order valence-electron chi connectivity index (χ3n) is 4.18. The van der Waals surface area contributed by atoms with Gasteiger partial charge in [-0.15, -0.1) is 0 Å². The van der Waals surface area contributed by atoms with Crippen molar-refractivity contribution in [2.24, 2.45) is 5.92 Å². The monoisotopic (exact) mass is 291 g/mol. The quantitative estimate of drug-likeness (QED) is 0.798. The summed E-state index contributed by atoms with van der Waals surface area (Å²) < 4.78 is 0. The van der Waals surface area contributed by atoms with Crippen LogP contribution in [0.15, 0.2) is 18.5 Å². The van der Waals surface area contributed by atoms with Gasteiger partial charge in [0.2, 0.25) is 0 Å². The van der Waals surface area contributed by atoms with Crippen molar-refractivity contribution in [3.63, 3.8) is 0 Å². The summed E-state index contributed by atoms with van der Waals surface area (Å²) in [4.78, 5) is 27.6. The molecule has 1 aliphatic carbocycles. The van der Waals surface area contributed by atoms with Crippen molar-refractivity contribution in [3.8, 4) is 0 Å². The van der Waals surface area contributed by atoms with Gasteiger partial charge in [-0.05, 0) is 50.2 Å². The van der Waals surface area contributed by atoms with Crippen LogP contribution in [-0.2, 0) is 4.79 Å². The lowest BCUT2D eigenvalue weighted by Crippen LogP contribution is -2.57. The molecule has 21 heavy (non-hydrogen) atoms. The van der Waals surface area contributed by atoms with E-state index < -0.39 is 17.5 Å². The zero-order chi connectivity index (χ0) is 15.5. The van der Waals surface area contributed by atoms with Gasteiger partial charge in [-0.25, -0.2) is 9.59 Å². The summed E-state index contributed by atoms with van der Waals surface area (Å²) in [5.41, 5.74) is 0.300. The van der Waals surface area contributed by atoms with Crippen molar-refractivity contribution in [1.82, 2.24) is 10.3 Å². The normalized spacial score (nSPS) is 25.1. The number of rotatable bonds is 3. The van der Waals surface area contributed by atoms with Crippen LogP contribution in [0.1, 0.15) is 38.2 Å². The predicted octanol–water partition coefficient (Wildman–Crippen LogP) is 2.55. The summed E-state index contributed by atoms with van der Waals surface area (Å²) in [6, 6.07) is 1.29. The number of aliphatic carboxylic acids is 1. The molecule has 1 aromatic heterocycles. The van der Waals surface area contributed by atoms with Crippen molar-refractivity contribution in [3.05, 3.63) is 24.0 Å². The van der Waals surface area contributed by atoms with Crippen LogP contribution in [0.4, 0.5) is 10.5 Å². The molecule has 6 nitrogen and oxygen atoms in total. The van der Waals surface area contributed by atoms with Crippen molar-refractivity contribution in [1.29, 1.82) is 0 Å². The molecule has 3 N–H and O–H groups in total. The fourth-order valence-corrected chi connectivity index (χ4v) is 2.61. The minimum atomic E-state index is -1.16. The molecule has 1 heterocycles. The van der Waals surface area contributed by atoms with Crippen LogP contribution in [0, 0.1) is 12.8 Å². The Bertz CT molecular complexity index is 537. The molecule has 0 unspecified atom stereocenters. The van der Waals surface area contributed by atoms with Crippen LogP contribution < -0.4 is 10.6 Å². The highest BCUT2D eigenvalue weighted by Gasteiger charge is 2.42. The van der Waals surface area contributed by atoms with Crippen LogP contribution >= 0.6 is 0 Å². The number of pyridine rings is 1. The molecule has 1 aromatic rings. The molecule has 0 aromatic carbocycles. The average molecular weight is 291 g/mol. The van der Waals surface area contributed by atoms with E-state index in [2.05, 4.69) is 22.5 Å². The number of aromatic nitrogens is 1. The maximum Gasteiger partial charge on any atom is 0.329 e. The number of carbonyl (C=O) groups excluding carboxylic acids is 1. The third kappa shape index (κ3) is 3.51. The maximum atomic E-state index is 12.1. The van der Waals surface area contributed by atoms with Crippen molar-refractivity contribution < 1.29 is 14.7 Å². The number of carbonyl (C=O) groups is 2. The molecule has 114 valence electrons.